The van der Waals surface area contributed by atoms with E-state index in [2.05, 4.69) is 10.3 Å². The molecule has 2 aromatic rings. The molecule has 0 aliphatic carbocycles. The molecule has 0 saturated heterocycles. The van der Waals surface area contributed by atoms with E-state index in [1.165, 1.54) is 31.5 Å². The predicted molar refractivity (Wildman–Crippen MR) is 129 cm³/mol. The zero-order valence-corrected chi connectivity index (χ0v) is 20.7. The zero-order chi connectivity index (χ0) is 26.2. The second kappa shape index (κ2) is 12.6. The van der Waals surface area contributed by atoms with Crippen LogP contribution in [0.25, 0.3) is 0 Å². The van der Waals surface area contributed by atoms with Crippen LogP contribution < -0.4 is 10.2 Å². The minimum Gasteiger partial charge on any atom is -0.480 e. The van der Waals surface area contributed by atoms with Gasteiger partial charge in [-0.2, -0.15) is 4.67 Å². The first-order valence-electron chi connectivity index (χ1n) is 11.0. The standard InChI is InChI=1S/C23H31N4O7P/c1-16(2)12-20(26(35(32,33)34)15-25-17(3)28)22(29)27(19-10-7-11-24-14-19)21(23(30)31)13-18-8-5-4-6-9-18/h4-11,14,16,20-21H,12-13,15H2,1-3H3,(H,25,28)(H,30,31)(H2,32,33,34). The number of nitrogens with one attached hydrogen (secondary N) is 1. The Morgan fingerprint density at radius 3 is 2.20 bits per heavy atom. The number of carbonyl (C=O) groups is 3. The Hall–Kier alpha value is -3.11. The van der Waals surface area contributed by atoms with Crippen LogP contribution in [-0.2, 0) is 25.4 Å². The van der Waals surface area contributed by atoms with Crippen LogP contribution in [0.3, 0.4) is 0 Å². The molecule has 11 nitrogen and oxygen atoms in total. The number of hydrogen-bond acceptors (Lipinski definition) is 5. The molecule has 0 fully saturated rings. The topological polar surface area (TPSA) is 160 Å². The summed E-state index contributed by atoms with van der Waals surface area (Å²) in [5, 5.41) is 12.4. The number of rotatable bonds is 12. The van der Waals surface area contributed by atoms with Crippen molar-refractivity contribution in [3.63, 3.8) is 0 Å². The van der Waals surface area contributed by atoms with E-state index in [-0.39, 0.29) is 24.4 Å². The van der Waals surface area contributed by atoms with Crippen molar-refractivity contribution in [3.05, 3.63) is 60.4 Å². The quantitative estimate of drug-likeness (QED) is 0.249. The molecular formula is C23H31N4O7P. The van der Waals surface area contributed by atoms with Crippen LogP contribution in [0.2, 0.25) is 0 Å². The Kier molecular flexibility index (Phi) is 10.1. The number of anilines is 1. The average Bonchev–Trinajstić information content (AvgIpc) is 2.78. The van der Waals surface area contributed by atoms with E-state index in [1.54, 1.807) is 44.2 Å². The second-order valence-corrected chi connectivity index (χ2v) is 9.99. The minimum atomic E-state index is -5.04. The first kappa shape index (κ1) is 28.1. The molecule has 1 heterocycles. The third-order valence-corrected chi connectivity index (χ3v) is 6.28. The summed E-state index contributed by atoms with van der Waals surface area (Å²) >= 11 is 0. The lowest BCUT2D eigenvalue weighted by atomic mass is 9.99. The van der Waals surface area contributed by atoms with Gasteiger partial charge in [0, 0.05) is 19.5 Å². The molecule has 4 N–H and O–H groups in total. The molecule has 0 aliphatic rings. The summed E-state index contributed by atoms with van der Waals surface area (Å²) in [6.45, 7) is 4.12. The van der Waals surface area contributed by atoms with Crippen molar-refractivity contribution in [2.75, 3.05) is 11.6 Å². The summed E-state index contributed by atoms with van der Waals surface area (Å²) < 4.78 is 13.0. The number of aliphatic carboxylic acids is 1. The summed E-state index contributed by atoms with van der Waals surface area (Å²) in [5.41, 5.74) is 0.826. The number of carboxylic acid groups (broad SMARTS) is 1. The van der Waals surface area contributed by atoms with Crippen LogP contribution in [-0.4, -0.2) is 61.1 Å². The van der Waals surface area contributed by atoms with Crippen molar-refractivity contribution in [1.29, 1.82) is 0 Å². The van der Waals surface area contributed by atoms with Crippen LogP contribution >= 0.6 is 7.75 Å². The number of amides is 2. The van der Waals surface area contributed by atoms with Gasteiger partial charge in [-0.25, -0.2) is 9.36 Å². The maximum atomic E-state index is 14.0. The summed E-state index contributed by atoms with van der Waals surface area (Å²) in [5.74, 6) is -2.86. The van der Waals surface area contributed by atoms with Crippen molar-refractivity contribution >= 4 is 31.2 Å². The predicted octanol–water partition coefficient (Wildman–Crippen LogP) is 2.01. The SMILES string of the molecule is CC(=O)NCN(C(CC(C)C)C(=O)N(c1cccnc1)C(Cc1ccccc1)C(=O)O)P(=O)(O)O. The van der Waals surface area contributed by atoms with Crippen molar-refractivity contribution in [1.82, 2.24) is 15.0 Å². The Balaban J connectivity index is 2.61. The van der Waals surface area contributed by atoms with Gasteiger partial charge in [0.25, 0.3) is 0 Å². The molecule has 35 heavy (non-hydrogen) atoms. The number of pyridine rings is 1. The van der Waals surface area contributed by atoms with Crippen LogP contribution in [0.4, 0.5) is 5.69 Å². The van der Waals surface area contributed by atoms with Gasteiger partial charge in [0.15, 0.2) is 0 Å². The zero-order valence-electron chi connectivity index (χ0n) is 19.8. The van der Waals surface area contributed by atoms with Gasteiger partial charge >= 0.3 is 13.7 Å². The van der Waals surface area contributed by atoms with Gasteiger partial charge in [-0.3, -0.25) is 19.5 Å². The number of aromatic nitrogens is 1. The third kappa shape index (κ3) is 8.25. The first-order chi connectivity index (χ1) is 16.4. The average molecular weight is 506 g/mol. The molecule has 12 heteroatoms. The summed E-state index contributed by atoms with van der Waals surface area (Å²) in [7, 11) is -5.04. The van der Waals surface area contributed by atoms with Gasteiger partial charge in [0.1, 0.15) is 12.1 Å². The van der Waals surface area contributed by atoms with Crippen LogP contribution in [0, 0.1) is 5.92 Å². The normalized spacial score (nSPS) is 13.3. The van der Waals surface area contributed by atoms with Crippen LogP contribution in [0.1, 0.15) is 32.8 Å². The first-order valence-corrected chi connectivity index (χ1v) is 12.5. The van der Waals surface area contributed by atoms with Gasteiger partial charge in [-0.1, -0.05) is 44.2 Å². The lowest BCUT2D eigenvalue weighted by molar-refractivity contribution is -0.140. The number of carbonyl (C=O) groups excluding carboxylic acids is 2. The van der Waals surface area contributed by atoms with Crippen molar-refractivity contribution in [3.8, 4) is 0 Å². The fourth-order valence-corrected chi connectivity index (χ4v) is 4.43. The molecule has 2 unspecified atom stereocenters. The van der Waals surface area contributed by atoms with Gasteiger partial charge in [-0.05, 0) is 30.0 Å². The van der Waals surface area contributed by atoms with E-state index < -0.39 is 44.3 Å². The minimum absolute atomic E-state index is 0.00202. The third-order valence-electron chi connectivity index (χ3n) is 5.19. The Bertz CT molecular complexity index is 1050. The molecule has 0 radical (unpaired) electrons. The molecular weight excluding hydrogens is 475 g/mol. The van der Waals surface area contributed by atoms with Crippen LogP contribution in [0.15, 0.2) is 54.9 Å². The Labute approximate surface area is 204 Å². The lowest BCUT2D eigenvalue weighted by Crippen LogP contribution is -2.56. The molecule has 2 amide bonds. The highest BCUT2D eigenvalue weighted by Gasteiger charge is 2.43. The number of hydrogen-bond donors (Lipinski definition) is 4. The molecule has 2 atom stereocenters. The van der Waals surface area contributed by atoms with Crippen molar-refractivity contribution < 1.29 is 33.8 Å². The van der Waals surface area contributed by atoms with Crippen molar-refractivity contribution in [2.24, 2.45) is 5.92 Å². The summed E-state index contributed by atoms with van der Waals surface area (Å²) in [6, 6.07) is 8.95. The number of benzene rings is 1. The molecule has 0 bridgehead atoms. The maximum Gasteiger partial charge on any atom is 0.405 e. The highest BCUT2D eigenvalue weighted by molar-refractivity contribution is 7.49. The van der Waals surface area contributed by atoms with E-state index >= 15 is 0 Å². The van der Waals surface area contributed by atoms with E-state index in [0.717, 1.165) is 4.90 Å². The van der Waals surface area contributed by atoms with Crippen LogP contribution in [0.5, 0.6) is 0 Å². The lowest BCUT2D eigenvalue weighted by Gasteiger charge is -2.37. The fraction of sp³-hybridized carbons (Fsp3) is 0.391. The summed E-state index contributed by atoms with van der Waals surface area (Å²) in [4.78, 5) is 63.0. The molecule has 1 aromatic carbocycles. The van der Waals surface area contributed by atoms with Gasteiger partial charge in [0.05, 0.1) is 18.6 Å². The van der Waals surface area contributed by atoms with Gasteiger partial charge < -0.3 is 20.2 Å². The fourth-order valence-electron chi connectivity index (χ4n) is 3.62. The molecule has 190 valence electrons. The largest absolute Gasteiger partial charge is 0.480 e. The molecule has 0 aliphatic heterocycles. The molecule has 1 aromatic heterocycles. The van der Waals surface area contributed by atoms with Gasteiger partial charge in [0.2, 0.25) is 11.8 Å². The monoisotopic (exact) mass is 506 g/mol. The van der Waals surface area contributed by atoms with Crippen molar-refractivity contribution in [2.45, 2.75) is 45.7 Å². The Morgan fingerprint density at radius 1 is 1.06 bits per heavy atom. The number of nitrogens with zero attached hydrogens (tertiary/aromatic N) is 3. The van der Waals surface area contributed by atoms with Gasteiger partial charge in [-0.15, -0.1) is 0 Å². The highest BCUT2D eigenvalue weighted by Crippen LogP contribution is 2.43. The summed E-state index contributed by atoms with van der Waals surface area (Å²) in [6.07, 6.45) is 2.73. The smallest absolute Gasteiger partial charge is 0.405 e. The second-order valence-electron chi connectivity index (χ2n) is 8.45. The molecule has 0 spiro atoms. The molecule has 0 saturated carbocycles. The van der Waals surface area contributed by atoms with E-state index in [1.807, 2.05) is 0 Å². The highest BCUT2D eigenvalue weighted by atomic mass is 31.2. The van der Waals surface area contributed by atoms with E-state index in [9.17, 15) is 33.8 Å². The maximum absolute atomic E-state index is 14.0. The molecule has 2 rings (SSSR count). The number of carboxylic acids is 1. The van der Waals surface area contributed by atoms with E-state index in [0.29, 0.717) is 10.2 Å². The Morgan fingerprint density at radius 2 is 1.71 bits per heavy atom. The van der Waals surface area contributed by atoms with E-state index in [4.69, 9.17) is 0 Å².